The summed E-state index contributed by atoms with van der Waals surface area (Å²) in [7, 11) is 0. The monoisotopic (exact) mass is 465 g/mol. The van der Waals surface area contributed by atoms with Crippen molar-refractivity contribution in [3.63, 3.8) is 0 Å². The quantitative estimate of drug-likeness (QED) is 0.506. The van der Waals surface area contributed by atoms with Crippen LogP contribution in [-0.4, -0.2) is 40.5 Å². The number of hydrogen-bond donors (Lipinski definition) is 3. The topological polar surface area (TPSA) is 95.9 Å². The Balaban J connectivity index is 2.24. The van der Waals surface area contributed by atoms with Crippen molar-refractivity contribution >= 4 is 23.7 Å². The van der Waals surface area contributed by atoms with E-state index in [1.54, 1.807) is 45.0 Å². The zero-order chi connectivity index (χ0) is 24.1. The van der Waals surface area contributed by atoms with Gasteiger partial charge in [-0.1, -0.05) is 35.9 Å². The van der Waals surface area contributed by atoms with Crippen molar-refractivity contribution in [2.45, 2.75) is 52.2 Å². The molecule has 0 spiro atoms. The van der Waals surface area contributed by atoms with Crippen molar-refractivity contribution < 1.29 is 28.9 Å². The molecule has 0 bridgehead atoms. The lowest BCUT2D eigenvalue weighted by Crippen LogP contribution is -2.45. The van der Waals surface area contributed by atoms with E-state index in [-0.39, 0.29) is 6.42 Å². The van der Waals surface area contributed by atoms with Gasteiger partial charge in [-0.3, -0.25) is 4.79 Å². The Hall–Kier alpha value is -2.64. The lowest BCUT2D eigenvalue weighted by atomic mass is 9.82. The van der Waals surface area contributed by atoms with Crippen molar-refractivity contribution in [3.05, 3.63) is 58.9 Å². The highest BCUT2D eigenvalue weighted by molar-refractivity contribution is 6.30. The molecule has 0 aromatic heterocycles. The molecule has 0 aliphatic rings. The molecule has 0 heterocycles. The molecule has 32 heavy (non-hydrogen) atoms. The molecule has 0 aliphatic carbocycles. The van der Waals surface area contributed by atoms with Crippen LogP contribution in [0.1, 0.15) is 39.7 Å². The van der Waals surface area contributed by atoms with Gasteiger partial charge in [-0.15, -0.1) is 0 Å². The molecule has 2 aromatic carbocycles. The van der Waals surface area contributed by atoms with E-state index in [0.29, 0.717) is 22.6 Å². The number of amides is 1. The standard InChI is InChI=1S/C24H29ClFNO5/c1-23(2,3)32-22(31)27-18(13-24(4,14-28)21(29)30)11-15-5-7-16(8-6-15)19-12-17(25)9-10-20(19)26/h5-10,12,18,28H,11,13-14H2,1-4H3,(H,27,31)(H,29,30)/t18-,24?/m1/s1. The zero-order valence-corrected chi connectivity index (χ0v) is 19.4. The molecule has 2 rings (SSSR count). The number of aliphatic hydroxyl groups excluding tert-OH is 1. The Bertz CT molecular complexity index is 958. The Labute approximate surface area is 192 Å². The number of alkyl carbamates (subject to hydrolysis) is 1. The van der Waals surface area contributed by atoms with Crippen LogP contribution in [0.3, 0.4) is 0 Å². The fraction of sp³-hybridized carbons (Fsp3) is 0.417. The molecule has 8 heteroatoms. The Morgan fingerprint density at radius 3 is 2.28 bits per heavy atom. The molecule has 2 atom stereocenters. The molecular formula is C24H29ClFNO5. The summed E-state index contributed by atoms with van der Waals surface area (Å²) in [5.41, 5.74) is -0.362. The minimum atomic E-state index is -1.44. The first-order valence-electron chi connectivity index (χ1n) is 10.2. The highest BCUT2D eigenvalue weighted by atomic mass is 35.5. The molecule has 1 amide bonds. The van der Waals surface area contributed by atoms with Crippen LogP contribution in [-0.2, 0) is 16.0 Å². The van der Waals surface area contributed by atoms with E-state index in [1.807, 2.05) is 0 Å². The van der Waals surface area contributed by atoms with Crippen molar-refractivity contribution in [1.29, 1.82) is 0 Å². The van der Waals surface area contributed by atoms with Gasteiger partial charge >= 0.3 is 12.1 Å². The Morgan fingerprint density at radius 1 is 1.12 bits per heavy atom. The molecule has 0 radical (unpaired) electrons. The summed E-state index contributed by atoms with van der Waals surface area (Å²) in [6.07, 6.45) is -0.394. The van der Waals surface area contributed by atoms with Gasteiger partial charge in [0, 0.05) is 16.6 Å². The average Bonchev–Trinajstić information content (AvgIpc) is 2.68. The van der Waals surface area contributed by atoms with Crippen LogP contribution in [0.15, 0.2) is 42.5 Å². The van der Waals surface area contributed by atoms with Crippen molar-refractivity contribution in [2.24, 2.45) is 5.41 Å². The maximum Gasteiger partial charge on any atom is 0.407 e. The summed E-state index contributed by atoms with van der Waals surface area (Å²) in [6.45, 7) is 6.02. The number of carboxylic acids is 1. The largest absolute Gasteiger partial charge is 0.481 e. The maximum absolute atomic E-state index is 14.1. The van der Waals surface area contributed by atoms with E-state index in [1.165, 1.54) is 25.1 Å². The van der Waals surface area contributed by atoms with Gasteiger partial charge in [0.15, 0.2) is 0 Å². The predicted octanol–water partition coefficient (Wildman–Crippen LogP) is 5.06. The van der Waals surface area contributed by atoms with Gasteiger partial charge < -0.3 is 20.3 Å². The van der Waals surface area contributed by atoms with Crippen LogP contribution >= 0.6 is 11.6 Å². The zero-order valence-electron chi connectivity index (χ0n) is 18.6. The molecule has 0 aliphatic heterocycles. The normalized spacial score (nSPS) is 14.3. The first kappa shape index (κ1) is 25.6. The van der Waals surface area contributed by atoms with Crippen LogP contribution in [0.4, 0.5) is 9.18 Å². The van der Waals surface area contributed by atoms with E-state index >= 15 is 0 Å². The third-order valence-electron chi connectivity index (χ3n) is 4.96. The number of nitrogens with one attached hydrogen (secondary N) is 1. The van der Waals surface area contributed by atoms with Crippen LogP contribution in [0.25, 0.3) is 11.1 Å². The second kappa shape index (κ2) is 10.3. The SMILES string of the molecule is CC(C)(C)OC(=O)N[C@H](Cc1ccc(-c2cc(Cl)ccc2F)cc1)CC(C)(CO)C(=O)O. The van der Waals surface area contributed by atoms with E-state index in [2.05, 4.69) is 5.32 Å². The van der Waals surface area contributed by atoms with E-state index in [4.69, 9.17) is 16.3 Å². The second-order valence-electron chi connectivity index (χ2n) is 9.10. The second-order valence-corrected chi connectivity index (χ2v) is 9.53. The summed E-state index contributed by atoms with van der Waals surface area (Å²) in [4.78, 5) is 24.0. The molecule has 0 fully saturated rings. The molecule has 1 unspecified atom stereocenters. The van der Waals surface area contributed by atoms with Crippen molar-refractivity contribution in [1.82, 2.24) is 5.32 Å². The summed E-state index contributed by atoms with van der Waals surface area (Å²) in [5.74, 6) is -1.56. The molecule has 2 aromatic rings. The third kappa shape index (κ3) is 7.21. The van der Waals surface area contributed by atoms with Crippen molar-refractivity contribution in [3.8, 4) is 11.1 Å². The van der Waals surface area contributed by atoms with Gasteiger partial charge in [0.2, 0.25) is 0 Å². The fourth-order valence-corrected chi connectivity index (χ4v) is 3.41. The number of hydrogen-bond acceptors (Lipinski definition) is 4. The average molecular weight is 466 g/mol. The number of carboxylic acid groups (broad SMARTS) is 1. The van der Waals surface area contributed by atoms with Gasteiger partial charge in [-0.2, -0.15) is 0 Å². The number of halogens is 2. The van der Waals surface area contributed by atoms with Crippen LogP contribution in [0.5, 0.6) is 0 Å². The lowest BCUT2D eigenvalue weighted by Gasteiger charge is -2.29. The predicted molar refractivity (Wildman–Crippen MR) is 121 cm³/mol. The van der Waals surface area contributed by atoms with Gasteiger partial charge in [-0.05, 0) is 69.9 Å². The number of rotatable bonds is 8. The number of benzene rings is 2. The highest BCUT2D eigenvalue weighted by Crippen LogP contribution is 2.28. The van der Waals surface area contributed by atoms with Crippen LogP contribution < -0.4 is 5.32 Å². The molecule has 0 saturated heterocycles. The molecule has 0 saturated carbocycles. The van der Waals surface area contributed by atoms with Gasteiger partial charge in [0.05, 0.1) is 12.0 Å². The van der Waals surface area contributed by atoms with E-state index in [9.17, 15) is 24.2 Å². The minimum absolute atomic E-state index is 0.0112. The molecule has 6 nitrogen and oxygen atoms in total. The van der Waals surface area contributed by atoms with E-state index < -0.39 is 41.5 Å². The molecular weight excluding hydrogens is 437 g/mol. The van der Waals surface area contributed by atoms with Crippen LogP contribution in [0, 0.1) is 11.2 Å². The Morgan fingerprint density at radius 2 is 1.75 bits per heavy atom. The smallest absolute Gasteiger partial charge is 0.407 e. The number of aliphatic carboxylic acids is 1. The molecule has 3 N–H and O–H groups in total. The highest BCUT2D eigenvalue weighted by Gasteiger charge is 2.36. The number of carbonyl (C=O) groups is 2. The summed E-state index contributed by atoms with van der Waals surface area (Å²) in [5, 5.41) is 22.3. The van der Waals surface area contributed by atoms with Crippen LogP contribution in [0.2, 0.25) is 5.02 Å². The summed E-state index contributed by atoms with van der Waals surface area (Å²) >= 11 is 5.97. The summed E-state index contributed by atoms with van der Waals surface area (Å²) in [6, 6.07) is 10.7. The number of aliphatic hydroxyl groups is 1. The van der Waals surface area contributed by atoms with Gasteiger partial charge in [0.1, 0.15) is 11.4 Å². The fourth-order valence-electron chi connectivity index (χ4n) is 3.24. The lowest BCUT2D eigenvalue weighted by molar-refractivity contribution is -0.151. The van der Waals surface area contributed by atoms with Crippen molar-refractivity contribution in [2.75, 3.05) is 6.61 Å². The first-order chi connectivity index (χ1) is 14.8. The summed E-state index contributed by atoms with van der Waals surface area (Å²) < 4.78 is 19.4. The van der Waals surface area contributed by atoms with Gasteiger partial charge in [0.25, 0.3) is 0 Å². The first-order valence-corrected chi connectivity index (χ1v) is 10.6. The Kier molecular flexibility index (Phi) is 8.26. The number of carbonyl (C=O) groups excluding carboxylic acids is 1. The van der Waals surface area contributed by atoms with Gasteiger partial charge in [-0.25, -0.2) is 9.18 Å². The maximum atomic E-state index is 14.1. The minimum Gasteiger partial charge on any atom is -0.481 e. The number of ether oxygens (including phenoxy) is 1. The van der Waals surface area contributed by atoms with E-state index in [0.717, 1.165) is 5.56 Å². The third-order valence-corrected chi connectivity index (χ3v) is 5.19. The molecule has 174 valence electrons.